The molecule has 1 aromatic carbocycles. The van der Waals surface area contributed by atoms with Crippen LogP contribution in [-0.4, -0.2) is 80.5 Å². The summed E-state index contributed by atoms with van der Waals surface area (Å²) in [7, 11) is 0. The van der Waals surface area contributed by atoms with Crippen molar-refractivity contribution in [1.29, 1.82) is 0 Å². The number of carbonyl (C=O) groups is 5. The SMILES string of the molecule is CC(NC(=O)C(N)Cc1c[nH]c2ccccc12)C(=O)NC(CCC(=O)O)C(=O)N1CCCC1C(=O)O. The number of carboxylic acid groups (broad SMARTS) is 2. The number of likely N-dealkylation sites (tertiary alicyclic amines) is 1. The number of aliphatic carboxylic acids is 2. The number of hydrogen-bond donors (Lipinski definition) is 6. The molecule has 12 heteroatoms. The molecule has 12 nitrogen and oxygen atoms in total. The van der Waals surface area contributed by atoms with Crippen LogP contribution in [0.2, 0.25) is 0 Å². The molecule has 0 aliphatic carbocycles. The largest absolute Gasteiger partial charge is 0.481 e. The van der Waals surface area contributed by atoms with Crippen molar-refractivity contribution in [1.82, 2.24) is 20.5 Å². The molecule has 1 aliphatic heterocycles. The van der Waals surface area contributed by atoms with E-state index in [9.17, 15) is 29.1 Å². The number of carbonyl (C=O) groups excluding carboxylic acids is 3. The van der Waals surface area contributed by atoms with Gasteiger partial charge in [-0.2, -0.15) is 0 Å². The monoisotopic (exact) mass is 501 g/mol. The lowest BCUT2D eigenvalue weighted by Crippen LogP contribution is -2.56. The zero-order valence-corrected chi connectivity index (χ0v) is 19.9. The van der Waals surface area contributed by atoms with E-state index in [2.05, 4.69) is 15.6 Å². The lowest BCUT2D eigenvalue weighted by atomic mass is 10.0. The van der Waals surface area contributed by atoms with Gasteiger partial charge in [0.05, 0.1) is 6.04 Å². The van der Waals surface area contributed by atoms with Gasteiger partial charge in [-0.3, -0.25) is 19.2 Å². The summed E-state index contributed by atoms with van der Waals surface area (Å²) in [4.78, 5) is 65.2. The molecule has 0 spiro atoms. The van der Waals surface area contributed by atoms with Crippen LogP contribution >= 0.6 is 0 Å². The first-order valence-electron chi connectivity index (χ1n) is 11.7. The fraction of sp³-hybridized carbons (Fsp3) is 0.458. The summed E-state index contributed by atoms with van der Waals surface area (Å²) in [6.45, 7) is 1.62. The molecular formula is C24H31N5O7. The number of nitrogens with one attached hydrogen (secondary N) is 3. The second kappa shape index (κ2) is 11.7. The summed E-state index contributed by atoms with van der Waals surface area (Å²) >= 11 is 0. The number of carboxylic acids is 2. The highest BCUT2D eigenvalue weighted by Crippen LogP contribution is 2.20. The third kappa shape index (κ3) is 6.39. The lowest BCUT2D eigenvalue weighted by molar-refractivity contribution is -0.150. The molecule has 0 bridgehead atoms. The van der Waals surface area contributed by atoms with E-state index in [1.807, 2.05) is 24.3 Å². The van der Waals surface area contributed by atoms with Gasteiger partial charge >= 0.3 is 11.9 Å². The number of H-pyrrole nitrogens is 1. The predicted molar refractivity (Wildman–Crippen MR) is 129 cm³/mol. The van der Waals surface area contributed by atoms with Crippen LogP contribution in [0.25, 0.3) is 10.9 Å². The van der Waals surface area contributed by atoms with E-state index in [0.717, 1.165) is 21.4 Å². The molecule has 2 aromatic rings. The number of nitrogens with two attached hydrogens (primary N) is 1. The predicted octanol–water partition coefficient (Wildman–Crippen LogP) is -0.0324. The maximum atomic E-state index is 13.0. The van der Waals surface area contributed by atoms with E-state index in [0.29, 0.717) is 6.42 Å². The molecule has 7 N–H and O–H groups in total. The number of aromatic nitrogens is 1. The van der Waals surface area contributed by atoms with Crippen molar-refractivity contribution in [2.45, 2.75) is 63.2 Å². The van der Waals surface area contributed by atoms with Gasteiger partial charge in [0.15, 0.2) is 0 Å². The minimum absolute atomic E-state index is 0.199. The smallest absolute Gasteiger partial charge is 0.326 e. The first-order valence-corrected chi connectivity index (χ1v) is 11.7. The highest BCUT2D eigenvalue weighted by molar-refractivity contribution is 5.94. The van der Waals surface area contributed by atoms with Gasteiger partial charge in [-0.25, -0.2) is 4.79 Å². The maximum absolute atomic E-state index is 13.0. The van der Waals surface area contributed by atoms with Gasteiger partial charge in [0.2, 0.25) is 17.7 Å². The topological polar surface area (TPSA) is 195 Å². The Labute approximate surface area is 207 Å². The fourth-order valence-corrected chi connectivity index (χ4v) is 4.33. The molecule has 4 unspecified atom stereocenters. The first kappa shape index (κ1) is 26.7. The second-order valence-electron chi connectivity index (χ2n) is 8.92. The minimum atomic E-state index is -1.24. The van der Waals surface area contributed by atoms with Gasteiger partial charge in [0.1, 0.15) is 18.1 Å². The molecule has 4 atom stereocenters. The van der Waals surface area contributed by atoms with Crippen LogP contribution in [0.3, 0.4) is 0 Å². The van der Waals surface area contributed by atoms with Gasteiger partial charge < -0.3 is 36.5 Å². The minimum Gasteiger partial charge on any atom is -0.481 e. The summed E-state index contributed by atoms with van der Waals surface area (Å²) in [5.74, 6) is -4.26. The Kier molecular flexibility index (Phi) is 8.64. The third-order valence-electron chi connectivity index (χ3n) is 6.29. The van der Waals surface area contributed by atoms with E-state index in [1.165, 1.54) is 6.92 Å². The molecule has 36 heavy (non-hydrogen) atoms. The Morgan fingerprint density at radius 1 is 1.14 bits per heavy atom. The zero-order valence-electron chi connectivity index (χ0n) is 19.9. The van der Waals surface area contributed by atoms with Crippen molar-refractivity contribution in [3.8, 4) is 0 Å². The van der Waals surface area contributed by atoms with Crippen molar-refractivity contribution in [3.63, 3.8) is 0 Å². The molecular weight excluding hydrogens is 470 g/mol. The average molecular weight is 502 g/mol. The molecule has 1 aliphatic rings. The van der Waals surface area contributed by atoms with E-state index in [4.69, 9.17) is 10.8 Å². The number of amides is 3. The first-order chi connectivity index (χ1) is 17.1. The lowest BCUT2D eigenvalue weighted by Gasteiger charge is -2.28. The Balaban J connectivity index is 1.61. The van der Waals surface area contributed by atoms with Crippen LogP contribution in [-0.2, 0) is 30.4 Å². The number of hydrogen-bond acceptors (Lipinski definition) is 6. The van der Waals surface area contributed by atoms with Crippen LogP contribution < -0.4 is 16.4 Å². The van der Waals surface area contributed by atoms with Crippen LogP contribution in [0.1, 0.15) is 38.2 Å². The standard InChI is InChI=1S/C24H31N5O7/c1-13(27-22(33)16(25)11-14-12-26-17-6-3-2-5-15(14)17)21(32)28-18(8-9-20(30)31)23(34)29-10-4-7-19(29)24(35)36/h2-3,5-6,12-13,16,18-19,26H,4,7-11,25H2,1H3,(H,27,33)(H,28,32)(H,30,31)(H,35,36). The molecule has 194 valence electrons. The normalized spacial score (nSPS) is 17.8. The number of nitrogens with zero attached hydrogens (tertiary/aromatic N) is 1. The number of rotatable bonds is 11. The summed E-state index contributed by atoms with van der Waals surface area (Å²) in [6.07, 6.45) is 2.15. The molecule has 1 aromatic heterocycles. The highest BCUT2D eigenvalue weighted by Gasteiger charge is 2.38. The van der Waals surface area contributed by atoms with Crippen molar-refractivity contribution >= 4 is 40.6 Å². The fourth-order valence-electron chi connectivity index (χ4n) is 4.33. The van der Waals surface area contributed by atoms with Crippen LogP contribution in [0, 0.1) is 0 Å². The summed E-state index contributed by atoms with van der Waals surface area (Å²) in [5, 5.41) is 24.3. The van der Waals surface area contributed by atoms with Crippen LogP contribution in [0.5, 0.6) is 0 Å². The van der Waals surface area contributed by atoms with E-state index in [1.54, 1.807) is 6.20 Å². The van der Waals surface area contributed by atoms with E-state index < -0.39 is 60.2 Å². The second-order valence-corrected chi connectivity index (χ2v) is 8.92. The zero-order chi connectivity index (χ0) is 26.4. The molecule has 1 saturated heterocycles. The third-order valence-corrected chi connectivity index (χ3v) is 6.29. The van der Waals surface area contributed by atoms with Gasteiger partial charge in [0.25, 0.3) is 0 Å². The van der Waals surface area contributed by atoms with Gasteiger partial charge in [-0.05, 0) is 44.2 Å². The van der Waals surface area contributed by atoms with Gasteiger partial charge in [-0.15, -0.1) is 0 Å². The Hall–Kier alpha value is -3.93. The van der Waals surface area contributed by atoms with Crippen molar-refractivity contribution in [3.05, 3.63) is 36.0 Å². The maximum Gasteiger partial charge on any atom is 0.326 e. The number of benzene rings is 1. The van der Waals surface area contributed by atoms with Gasteiger partial charge in [-0.1, -0.05) is 18.2 Å². The van der Waals surface area contributed by atoms with Gasteiger partial charge in [0, 0.05) is 30.1 Å². The number of fused-ring (bicyclic) bond motifs is 1. The molecule has 1 fully saturated rings. The van der Waals surface area contributed by atoms with E-state index >= 15 is 0 Å². The molecule has 3 amide bonds. The molecule has 0 saturated carbocycles. The molecule has 3 rings (SSSR count). The Bertz CT molecular complexity index is 1150. The summed E-state index contributed by atoms with van der Waals surface area (Å²) in [5.41, 5.74) is 7.83. The Morgan fingerprint density at radius 3 is 2.56 bits per heavy atom. The quantitative estimate of drug-likeness (QED) is 0.247. The van der Waals surface area contributed by atoms with Crippen molar-refractivity contribution in [2.75, 3.05) is 6.54 Å². The van der Waals surface area contributed by atoms with Crippen molar-refractivity contribution < 1.29 is 34.2 Å². The van der Waals surface area contributed by atoms with Crippen LogP contribution in [0.15, 0.2) is 30.5 Å². The highest BCUT2D eigenvalue weighted by atomic mass is 16.4. The van der Waals surface area contributed by atoms with Crippen molar-refractivity contribution in [2.24, 2.45) is 5.73 Å². The average Bonchev–Trinajstić information content (AvgIpc) is 3.49. The summed E-state index contributed by atoms with van der Waals surface area (Å²) < 4.78 is 0. The Morgan fingerprint density at radius 2 is 1.86 bits per heavy atom. The number of para-hydroxylation sites is 1. The van der Waals surface area contributed by atoms with E-state index in [-0.39, 0.29) is 25.8 Å². The summed E-state index contributed by atoms with van der Waals surface area (Å²) in [6, 6.07) is 3.29. The number of aromatic amines is 1. The molecule has 0 radical (unpaired) electrons. The molecule has 2 heterocycles. The van der Waals surface area contributed by atoms with Crippen LogP contribution in [0.4, 0.5) is 0 Å².